The fraction of sp³-hybridized carbons (Fsp3) is 0.176. The number of aromatic amines is 2. The Morgan fingerprint density at radius 1 is 1.33 bits per heavy atom. The second-order valence-corrected chi connectivity index (χ2v) is 5.97. The normalized spacial score (nSPS) is 13.2. The molecule has 7 heteroatoms. The fourth-order valence-electron chi connectivity index (χ4n) is 3.10. The number of hydrogen-bond donors (Lipinski definition) is 3. The van der Waals surface area contributed by atoms with Gasteiger partial charge in [-0.2, -0.15) is 0 Å². The summed E-state index contributed by atoms with van der Waals surface area (Å²) in [6, 6.07) is 5.31. The van der Waals surface area contributed by atoms with Crippen molar-refractivity contribution >= 4 is 34.4 Å². The van der Waals surface area contributed by atoms with Crippen molar-refractivity contribution in [3.63, 3.8) is 0 Å². The van der Waals surface area contributed by atoms with Crippen LogP contribution in [0.5, 0.6) is 0 Å². The lowest BCUT2D eigenvalue weighted by Crippen LogP contribution is -2.20. The van der Waals surface area contributed by atoms with E-state index in [1.807, 2.05) is 6.07 Å². The monoisotopic (exact) mass is 343 g/mol. The first-order chi connectivity index (χ1) is 11.6. The van der Waals surface area contributed by atoms with Gasteiger partial charge in [0.25, 0.3) is 5.91 Å². The molecule has 122 valence electrons. The molecule has 0 saturated heterocycles. The molecule has 1 aliphatic heterocycles. The first-order valence-electron chi connectivity index (χ1n) is 7.57. The quantitative estimate of drug-likeness (QED) is 0.624. The second-order valence-electron chi connectivity index (χ2n) is 5.53. The van der Waals surface area contributed by atoms with Crippen LogP contribution < -0.4 is 5.32 Å². The van der Waals surface area contributed by atoms with Gasteiger partial charge in [-0.15, -0.1) is 0 Å². The Balaban J connectivity index is 2.02. The van der Waals surface area contributed by atoms with Crippen molar-refractivity contribution in [1.82, 2.24) is 15.3 Å². The van der Waals surface area contributed by atoms with E-state index in [-0.39, 0.29) is 12.5 Å². The number of benzene rings is 1. The molecule has 2 aromatic heterocycles. The van der Waals surface area contributed by atoms with Gasteiger partial charge in [-0.3, -0.25) is 4.79 Å². The van der Waals surface area contributed by atoms with Gasteiger partial charge in [-0.25, -0.2) is 4.79 Å². The van der Waals surface area contributed by atoms with Gasteiger partial charge < -0.3 is 20.0 Å². The zero-order chi connectivity index (χ0) is 16.8. The minimum absolute atomic E-state index is 0.204. The standard InChI is InChI=1S/C17H14ClN3O3/c1-2-24-17(23)15-12-8(6-19-15)7-20-16(22)13-10-5-9(18)3-4-11(10)21-14(12)13/h3-6,19,21H,2,7H2,1H3,(H,20,22). The van der Waals surface area contributed by atoms with E-state index < -0.39 is 5.97 Å². The number of ether oxygens (including phenoxy) is 1. The minimum atomic E-state index is -0.448. The number of carbonyl (C=O) groups is 2. The highest BCUT2D eigenvalue weighted by Crippen LogP contribution is 2.37. The van der Waals surface area contributed by atoms with E-state index in [2.05, 4.69) is 15.3 Å². The van der Waals surface area contributed by atoms with Crippen LogP contribution in [0, 0.1) is 0 Å². The van der Waals surface area contributed by atoms with Crippen LogP contribution >= 0.6 is 11.6 Å². The zero-order valence-corrected chi connectivity index (χ0v) is 13.6. The van der Waals surface area contributed by atoms with E-state index in [9.17, 15) is 9.59 Å². The third kappa shape index (κ3) is 2.11. The van der Waals surface area contributed by atoms with Gasteiger partial charge in [0.05, 0.1) is 17.9 Å². The van der Waals surface area contributed by atoms with Crippen LogP contribution in [0.4, 0.5) is 0 Å². The van der Waals surface area contributed by atoms with Crippen LogP contribution in [-0.4, -0.2) is 28.5 Å². The molecule has 1 amide bonds. The minimum Gasteiger partial charge on any atom is -0.461 e. The van der Waals surface area contributed by atoms with Crippen molar-refractivity contribution in [3.05, 3.63) is 46.2 Å². The predicted octanol–water partition coefficient (Wildman–Crippen LogP) is 3.24. The van der Waals surface area contributed by atoms with Crippen LogP contribution in [0.1, 0.15) is 33.3 Å². The van der Waals surface area contributed by atoms with Gasteiger partial charge in [0, 0.05) is 34.2 Å². The van der Waals surface area contributed by atoms with Gasteiger partial charge in [-0.05, 0) is 30.7 Å². The van der Waals surface area contributed by atoms with E-state index in [1.165, 1.54) is 0 Å². The molecule has 0 bridgehead atoms. The average Bonchev–Trinajstić information content (AvgIpc) is 3.10. The van der Waals surface area contributed by atoms with E-state index in [0.717, 1.165) is 16.5 Å². The maximum Gasteiger partial charge on any atom is 0.355 e. The number of aromatic nitrogens is 2. The Morgan fingerprint density at radius 2 is 2.17 bits per heavy atom. The van der Waals surface area contributed by atoms with Crippen molar-refractivity contribution in [1.29, 1.82) is 0 Å². The SMILES string of the molecule is CCOC(=O)c1[nH]cc2c1-c1[nH]c3ccc(Cl)cc3c1C(=O)NC2. The van der Waals surface area contributed by atoms with Crippen molar-refractivity contribution in [2.24, 2.45) is 0 Å². The Morgan fingerprint density at radius 3 is 2.96 bits per heavy atom. The number of nitrogens with one attached hydrogen (secondary N) is 3. The van der Waals surface area contributed by atoms with Gasteiger partial charge >= 0.3 is 5.97 Å². The molecule has 0 fully saturated rings. The highest BCUT2D eigenvalue weighted by molar-refractivity contribution is 6.31. The highest BCUT2D eigenvalue weighted by atomic mass is 35.5. The number of hydrogen-bond acceptors (Lipinski definition) is 3. The Labute approximate surface area is 142 Å². The molecule has 4 rings (SSSR count). The number of rotatable bonds is 2. The molecule has 1 aliphatic rings. The number of fused-ring (bicyclic) bond motifs is 5. The third-order valence-corrected chi connectivity index (χ3v) is 4.35. The first-order valence-corrected chi connectivity index (χ1v) is 7.95. The summed E-state index contributed by atoms with van der Waals surface area (Å²) in [5, 5.41) is 4.13. The van der Waals surface area contributed by atoms with Gasteiger partial charge in [0.1, 0.15) is 5.69 Å². The smallest absolute Gasteiger partial charge is 0.355 e. The number of esters is 1. The highest BCUT2D eigenvalue weighted by Gasteiger charge is 2.30. The molecule has 6 nitrogen and oxygen atoms in total. The zero-order valence-electron chi connectivity index (χ0n) is 12.8. The van der Waals surface area contributed by atoms with E-state index in [0.29, 0.717) is 34.1 Å². The number of H-pyrrole nitrogens is 2. The summed E-state index contributed by atoms with van der Waals surface area (Å²) >= 11 is 6.08. The Hall–Kier alpha value is -2.73. The molecule has 0 spiro atoms. The lowest BCUT2D eigenvalue weighted by Gasteiger charge is -2.04. The number of carbonyl (C=O) groups excluding carboxylic acids is 2. The number of amides is 1. The van der Waals surface area contributed by atoms with Gasteiger partial charge in [0.2, 0.25) is 0 Å². The van der Waals surface area contributed by atoms with E-state index in [4.69, 9.17) is 16.3 Å². The molecule has 0 saturated carbocycles. The van der Waals surface area contributed by atoms with Crippen molar-refractivity contribution < 1.29 is 14.3 Å². The molecule has 24 heavy (non-hydrogen) atoms. The summed E-state index contributed by atoms with van der Waals surface area (Å²) < 4.78 is 5.12. The molecular weight excluding hydrogens is 330 g/mol. The molecule has 3 heterocycles. The van der Waals surface area contributed by atoms with Crippen molar-refractivity contribution in [2.75, 3.05) is 6.61 Å². The van der Waals surface area contributed by atoms with E-state index >= 15 is 0 Å². The van der Waals surface area contributed by atoms with Crippen LogP contribution in [-0.2, 0) is 11.3 Å². The maximum atomic E-state index is 12.6. The van der Waals surface area contributed by atoms with Gasteiger partial charge in [-0.1, -0.05) is 11.6 Å². The topological polar surface area (TPSA) is 87.0 Å². The van der Waals surface area contributed by atoms with Crippen LogP contribution in [0.2, 0.25) is 5.02 Å². The number of halogens is 1. The van der Waals surface area contributed by atoms with Crippen molar-refractivity contribution in [2.45, 2.75) is 13.5 Å². The summed E-state index contributed by atoms with van der Waals surface area (Å²) in [6.07, 6.45) is 1.72. The molecule has 0 radical (unpaired) electrons. The summed E-state index contributed by atoms with van der Waals surface area (Å²) in [5.41, 5.74) is 3.68. The molecule has 3 N–H and O–H groups in total. The second kappa shape index (κ2) is 5.42. The summed E-state index contributed by atoms with van der Waals surface area (Å²) in [4.78, 5) is 31.0. The van der Waals surface area contributed by atoms with Crippen molar-refractivity contribution in [3.8, 4) is 11.3 Å². The van der Waals surface area contributed by atoms with E-state index in [1.54, 1.807) is 25.3 Å². The van der Waals surface area contributed by atoms with Crippen LogP contribution in [0.25, 0.3) is 22.2 Å². The predicted molar refractivity (Wildman–Crippen MR) is 90.2 cm³/mol. The lowest BCUT2D eigenvalue weighted by molar-refractivity contribution is 0.0521. The fourth-order valence-corrected chi connectivity index (χ4v) is 3.28. The molecule has 1 aromatic carbocycles. The molecular formula is C17H14ClN3O3. The largest absolute Gasteiger partial charge is 0.461 e. The Bertz CT molecular complexity index is 987. The molecule has 0 atom stereocenters. The molecule has 0 unspecified atom stereocenters. The van der Waals surface area contributed by atoms with Gasteiger partial charge in [0.15, 0.2) is 0 Å². The lowest BCUT2D eigenvalue weighted by atomic mass is 10.0. The molecule has 3 aromatic rings. The van der Waals surface area contributed by atoms with Crippen LogP contribution in [0.3, 0.4) is 0 Å². The Kier molecular flexibility index (Phi) is 3.35. The maximum absolute atomic E-state index is 12.6. The summed E-state index contributed by atoms with van der Waals surface area (Å²) in [6.45, 7) is 2.36. The first kappa shape index (κ1) is 14.8. The third-order valence-electron chi connectivity index (χ3n) is 4.12. The average molecular weight is 344 g/mol. The molecule has 0 aliphatic carbocycles. The van der Waals surface area contributed by atoms with Crippen LogP contribution in [0.15, 0.2) is 24.4 Å². The summed E-state index contributed by atoms with van der Waals surface area (Å²) in [7, 11) is 0. The summed E-state index contributed by atoms with van der Waals surface area (Å²) in [5.74, 6) is -0.653.